The summed E-state index contributed by atoms with van der Waals surface area (Å²) < 4.78 is 24.9. The summed E-state index contributed by atoms with van der Waals surface area (Å²) in [5.41, 5.74) is 1.29. The number of nitrogens with one attached hydrogen (secondary N) is 1. The molecule has 1 heterocycles. The van der Waals surface area contributed by atoms with Crippen LogP contribution in [-0.2, 0) is 0 Å². The highest BCUT2D eigenvalue weighted by Crippen LogP contribution is 2.39. The summed E-state index contributed by atoms with van der Waals surface area (Å²) in [4.78, 5) is 0. The van der Waals surface area contributed by atoms with Crippen molar-refractivity contribution in [2.24, 2.45) is 0 Å². The van der Waals surface area contributed by atoms with E-state index in [2.05, 4.69) is 5.32 Å². The second-order valence-corrected chi connectivity index (χ2v) is 3.43. The quantitative estimate of drug-likeness (QED) is 0.740. The summed E-state index contributed by atoms with van der Waals surface area (Å²) >= 11 is 5.83. The molecule has 0 saturated carbocycles. The van der Waals surface area contributed by atoms with Crippen LogP contribution in [0.15, 0.2) is 18.2 Å². The summed E-state index contributed by atoms with van der Waals surface area (Å²) in [5.74, 6) is -0.714. The van der Waals surface area contributed by atoms with E-state index in [0.29, 0.717) is 16.3 Å². The van der Waals surface area contributed by atoms with Gasteiger partial charge in [0.1, 0.15) is 0 Å². The smallest absolute Gasteiger partial charge is 0.247 e. The summed E-state index contributed by atoms with van der Waals surface area (Å²) in [6.45, 7) is 0.275. The molecule has 0 bridgehead atoms. The van der Waals surface area contributed by atoms with E-state index in [0.717, 1.165) is 0 Å². The topological polar surface area (TPSA) is 12.0 Å². The number of alkyl halides is 2. The zero-order chi connectivity index (χ0) is 9.42. The Kier molecular flexibility index (Phi) is 2.12. The molecule has 0 amide bonds. The van der Waals surface area contributed by atoms with E-state index < -0.39 is 12.3 Å². The Morgan fingerprint density at radius 1 is 1.46 bits per heavy atom. The zero-order valence-electron chi connectivity index (χ0n) is 6.73. The van der Waals surface area contributed by atoms with Crippen molar-refractivity contribution in [2.75, 3.05) is 11.9 Å². The minimum absolute atomic E-state index is 0.275. The molecule has 13 heavy (non-hydrogen) atoms. The van der Waals surface area contributed by atoms with Crippen molar-refractivity contribution in [3.05, 3.63) is 28.8 Å². The van der Waals surface area contributed by atoms with Gasteiger partial charge in [0.2, 0.25) is 6.43 Å². The van der Waals surface area contributed by atoms with Crippen molar-refractivity contribution < 1.29 is 8.78 Å². The van der Waals surface area contributed by atoms with Gasteiger partial charge in [-0.3, -0.25) is 0 Å². The third-order valence-electron chi connectivity index (χ3n) is 2.25. The molecule has 0 fully saturated rings. The van der Waals surface area contributed by atoms with Crippen molar-refractivity contribution in [1.29, 1.82) is 0 Å². The first kappa shape index (κ1) is 8.75. The van der Waals surface area contributed by atoms with Gasteiger partial charge in [-0.05, 0) is 11.6 Å². The van der Waals surface area contributed by atoms with Crippen LogP contribution < -0.4 is 5.32 Å². The molecule has 0 aromatic heterocycles. The van der Waals surface area contributed by atoms with Crippen LogP contribution in [0.2, 0.25) is 5.02 Å². The van der Waals surface area contributed by atoms with E-state index in [-0.39, 0.29) is 6.54 Å². The van der Waals surface area contributed by atoms with Crippen LogP contribution in [0.3, 0.4) is 0 Å². The molecule has 1 unspecified atom stereocenters. The Morgan fingerprint density at radius 3 is 2.92 bits per heavy atom. The van der Waals surface area contributed by atoms with Gasteiger partial charge in [-0.2, -0.15) is 0 Å². The Balaban J connectivity index is 2.43. The average Bonchev–Trinajstić information content (AvgIpc) is 2.48. The molecule has 4 heteroatoms. The molecule has 1 nitrogen and oxygen atoms in total. The lowest BCUT2D eigenvalue weighted by atomic mass is 10.0. The van der Waals surface area contributed by atoms with Gasteiger partial charge in [0, 0.05) is 6.54 Å². The maximum Gasteiger partial charge on any atom is 0.247 e. The number of halogens is 3. The highest BCUT2D eigenvalue weighted by atomic mass is 35.5. The number of fused-ring (bicyclic) bond motifs is 1. The van der Waals surface area contributed by atoms with Gasteiger partial charge in [-0.25, -0.2) is 8.78 Å². The van der Waals surface area contributed by atoms with Gasteiger partial charge in [0.25, 0.3) is 0 Å². The Bertz CT molecular complexity index is 327. The number of anilines is 1. The molecule has 0 aliphatic carbocycles. The summed E-state index contributed by atoms with van der Waals surface area (Å²) in [6, 6.07) is 5.09. The fraction of sp³-hybridized carbons (Fsp3) is 0.333. The maximum absolute atomic E-state index is 12.5. The van der Waals surface area contributed by atoms with Crippen molar-refractivity contribution in [1.82, 2.24) is 0 Å². The highest BCUT2D eigenvalue weighted by molar-refractivity contribution is 6.33. The molecule has 1 N–H and O–H groups in total. The normalized spacial score (nSPS) is 20.2. The first-order valence-electron chi connectivity index (χ1n) is 4.00. The molecule has 0 saturated heterocycles. The van der Waals surface area contributed by atoms with Gasteiger partial charge in [0.05, 0.1) is 16.6 Å². The van der Waals surface area contributed by atoms with Gasteiger partial charge in [-0.15, -0.1) is 0 Å². The average molecular weight is 204 g/mol. The highest BCUT2D eigenvalue weighted by Gasteiger charge is 2.30. The molecule has 1 atom stereocenters. The van der Waals surface area contributed by atoms with E-state index in [9.17, 15) is 8.78 Å². The van der Waals surface area contributed by atoms with Crippen molar-refractivity contribution >= 4 is 17.3 Å². The Labute approximate surface area is 79.7 Å². The van der Waals surface area contributed by atoms with E-state index >= 15 is 0 Å². The number of hydrogen-bond acceptors (Lipinski definition) is 1. The van der Waals surface area contributed by atoms with Crippen LogP contribution in [0.4, 0.5) is 14.5 Å². The minimum Gasteiger partial charge on any atom is -0.383 e. The SMILES string of the molecule is FC(F)C1CNc2c(Cl)cccc21. The van der Waals surface area contributed by atoms with Crippen molar-refractivity contribution in [3.8, 4) is 0 Å². The van der Waals surface area contributed by atoms with Gasteiger partial charge in [-0.1, -0.05) is 23.7 Å². The number of para-hydroxylation sites is 1. The maximum atomic E-state index is 12.5. The van der Waals surface area contributed by atoms with Crippen LogP contribution in [-0.4, -0.2) is 13.0 Å². The van der Waals surface area contributed by atoms with Crippen LogP contribution in [0.1, 0.15) is 11.5 Å². The summed E-state index contributed by atoms with van der Waals surface area (Å²) in [5, 5.41) is 3.40. The third-order valence-corrected chi connectivity index (χ3v) is 2.56. The lowest BCUT2D eigenvalue weighted by molar-refractivity contribution is 0.121. The third kappa shape index (κ3) is 1.37. The first-order chi connectivity index (χ1) is 6.20. The largest absolute Gasteiger partial charge is 0.383 e. The lowest BCUT2D eigenvalue weighted by Gasteiger charge is -2.07. The molecule has 0 spiro atoms. The molecule has 0 radical (unpaired) electrons. The van der Waals surface area contributed by atoms with E-state index in [1.54, 1.807) is 18.2 Å². The fourth-order valence-electron chi connectivity index (χ4n) is 1.58. The molecular weight excluding hydrogens is 196 g/mol. The Hall–Kier alpha value is -0.830. The summed E-state index contributed by atoms with van der Waals surface area (Å²) in [7, 11) is 0. The second-order valence-electron chi connectivity index (χ2n) is 3.03. The molecule has 1 aromatic carbocycles. The van der Waals surface area contributed by atoms with E-state index in [1.807, 2.05) is 0 Å². The van der Waals surface area contributed by atoms with Crippen LogP contribution in [0.5, 0.6) is 0 Å². The fourth-order valence-corrected chi connectivity index (χ4v) is 1.83. The monoisotopic (exact) mass is 203 g/mol. The Morgan fingerprint density at radius 2 is 2.23 bits per heavy atom. The second kappa shape index (κ2) is 3.14. The predicted molar refractivity (Wildman–Crippen MR) is 48.7 cm³/mol. The zero-order valence-corrected chi connectivity index (χ0v) is 7.48. The summed E-state index contributed by atoms with van der Waals surface area (Å²) in [6.07, 6.45) is -2.33. The molecule has 1 aliphatic rings. The molecule has 1 aliphatic heterocycles. The number of benzene rings is 1. The minimum atomic E-state index is -2.33. The predicted octanol–water partition coefficient (Wildman–Crippen LogP) is 3.11. The number of rotatable bonds is 1. The lowest BCUT2D eigenvalue weighted by Crippen LogP contribution is -2.10. The van der Waals surface area contributed by atoms with Crippen LogP contribution in [0, 0.1) is 0 Å². The van der Waals surface area contributed by atoms with Gasteiger partial charge in [0.15, 0.2) is 0 Å². The van der Waals surface area contributed by atoms with Gasteiger partial charge >= 0.3 is 0 Å². The number of hydrogen-bond donors (Lipinski definition) is 1. The van der Waals surface area contributed by atoms with E-state index in [4.69, 9.17) is 11.6 Å². The first-order valence-corrected chi connectivity index (χ1v) is 4.38. The molecule has 2 rings (SSSR count). The molecular formula is C9H8ClF2N. The van der Waals surface area contributed by atoms with Crippen molar-refractivity contribution in [2.45, 2.75) is 12.3 Å². The molecule has 70 valence electrons. The van der Waals surface area contributed by atoms with Crippen LogP contribution in [0.25, 0.3) is 0 Å². The van der Waals surface area contributed by atoms with Crippen molar-refractivity contribution in [3.63, 3.8) is 0 Å². The molecule has 1 aromatic rings. The standard InChI is InChI=1S/C9H8ClF2N/c10-7-3-1-2-5-6(9(11)12)4-13-8(5)7/h1-3,6,9,13H,4H2. The van der Waals surface area contributed by atoms with E-state index in [1.165, 1.54) is 0 Å². The van der Waals surface area contributed by atoms with Crippen LogP contribution >= 0.6 is 11.6 Å². The van der Waals surface area contributed by atoms with Gasteiger partial charge < -0.3 is 5.32 Å².